The number of sulfonamides is 1. The van der Waals surface area contributed by atoms with Gasteiger partial charge in [-0.2, -0.15) is 8.42 Å². The second-order valence-electron chi connectivity index (χ2n) is 5.18. The first-order valence-corrected chi connectivity index (χ1v) is 8.64. The Morgan fingerprint density at radius 3 is 2.50 bits per heavy atom. The van der Waals surface area contributed by atoms with Crippen LogP contribution < -0.4 is 5.32 Å². The largest absolute Gasteiger partial charge is 0.352 e. The molecule has 2 aromatic rings. The van der Waals surface area contributed by atoms with Crippen molar-refractivity contribution in [1.82, 2.24) is 5.32 Å². The highest BCUT2D eigenvalue weighted by Crippen LogP contribution is 2.13. The summed E-state index contributed by atoms with van der Waals surface area (Å²) in [6, 6.07) is 13.3. The van der Waals surface area contributed by atoms with Crippen LogP contribution in [0.2, 0.25) is 0 Å². The molecular formula is C17H16N2O4S. The molecule has 0 radical (unpaired) electrons. The first kappa shape index (κ1) is 17.6. The maximum absolute atomic E-state index is 12.0. The van der Waals surface area contributed by atoms with E-state index in [2.05, 4.69) is 9.71 Å². The zero-order chi connectivity index (χ0) is 17.6. The Labute approximate surface area is 140 Å². The Balaban J connectivity index is 1.93. The van der Waals surface area contributed by atoms with E-state index in [1.165, 1.54) is 12.1 Å². The molecule has 1 amide bonds. The second-order valence-corrected chi connectivity index (χ2v) is 6.78. The topological polar surface area (TPSA) is 92.7 Å². The average molecular weight is 344 g/mol. The van der Waals surface area contributed by atoms with Crippen LogP contribution in [-0.2, 0) is 21.2 Å². The summed E-state index contributed by atoms with van der Waals surface area (Å²) >= 11 is 0. The smallest absolute Gasteiger partial charge is 0.292 e. The number of hydrogen-bond donors (Lipinski definition) is 1. The van der Waals surface area contributed by atoms with E-state index in [0.717, 1.165) is 17.2 Å². The summed E-state index contributed by atoms with van der Waals surface area (Å²) in [4.78, 5) is 22.0. The Kier molecular flexibility index (Phi) is 5.63. The molecule has 0 spiro atoms. The molecule has 7 heteroatoms. The average Bonchev–Trinajstić information content (AvgIpc) is 2.55. The molecule has 0 bridgehead atoms. The zero-order valence-electron chi connectivity index (χ0n) is 13.0. The van der Waals surface area contributed by atoms with Gasteiger partial charge in [-0.15, -0.1) is 0 Å². The fourth-order valence-corrected chi connectivity index (χ4v) is 2.82. The lowest BCUT2D eigenvalue weighted by Crippen LogP contribution is -2.25. The summed E-state index contributed by atoms with van der Waals surface area (Å²) in [5, 5.41) is 2.81. The normalized spacial score (nSPS) is 10.7. The van der Waals surface area contributed by atoms with Gasteiger partial charge < -0.3 is 5.32 Å². The maximum atomic E-state index is 12.0. The Hall–Kier alpha value is -2.76. The molecule has 124 valence electrons. The lowest BCUT2D eigenvalue weighted by Gasteiger charge is -2.06. The van der Waals surface area contributed by atoms with E-state index < -0.39 is 10.0 Å². The molecule has 0 aliphatic rings. The number of carbonyl (C=O) groups excluding carboxylic acids is 2. The van der Waals surface area contributed by atoms with E-state index in [-0.39, 0.29) is 10.8 Å². The highest BCUT2D eigenvalue weighted by molar-refractivity contribution is 7.90. The quantitative estimate of drug-likeness (QED) is 0.641. The molecule has 0 unspecified atom stereocenters. The summed E-state index contributed by atoms with van der Waals surface area (Å²) in [5.41, 5.74) is 2.47. The number of isocyanates is 1. The number of benzene rings is 2. The van der Waals surface area contributed by atoms with E-state index in [1.807, 2.05) is 25.1 Å². The third-order valence-corrected chi connectivity index (χ3v) is 4.54. The summed E-state index contributed by atoms with van der Waals surface area (Å²) in [7, 11) is -3.97. The SMILES string of the molecule is Cc1cccc(C(=O)NCCc2ccc(S(=O)(=O)N=C=O)cc2)c1. The molecular weight excluding hydrogens is 328 g/mol. The van der Waals surface area contributed by atoms with Gasteiger partial charge in [0.2, 0.25) is 0 Å². The van der Waals surface area contributed by atoms with E-state index >= 15 is 0 Å². The van der Waals surface area contributed by atoms with Gasteiger partial charge in [-0.3, -0.25) is 4.79 Å². The Morgan fingerprint density at radius 1 is 1.17 bits per heavy atom. The molecule has 0 aromatic heterocycles. The number of carbonyl (C=O) groups is 1. The van der Waals surface area contributed by atoms with Crippen LogP contribution in [0.15, 0.2) is 57.8 Å². The van der Waals surface area contributed by atoms with Gasteiger partial charge in [0.1, 0.15) is 0 Å². The minimum Gasteiger partial charge on any atom is -0.352 e. The first-order chi connectivity index (χ1) is 11.4. The van der Waals surface area contributed by atoms with Crippen molar-refractivity contribution in [2.24, 2.45) is 4.40 Å². The lowest BCUT2D eigenvalue weighted by atomic mass is 10.1. The molecule has 2 rings (SSSR count). The van der Waals surface area contributed by atoms with E-state index in [4.69, 9.17) is 0 Å². The van der Waals surface area contributed by atoms with Crippen molar-refractivity contribution in [1.29, 1.82) is 0 Å². The van der Waals surface area contributed by atoms with Gasteiger partial charge in [0.25, 0.3) is 22.0 Å². The van der Waals surface area contributed by atoms with Crippen molar-refractivity contribution in [3.63, 3.8) is 0 Å². The number of nitrogens with zero attached hydrogens (tertiary/aromatic N) is 1. The minimum atomic E-state index is -3.97. The van der Waals surface area contributed by atoms with Crippen LogP contribution in [0.25, 0.3) is 0 Å². The van der Waals surface area contributed by atoms with Crippen LogP contribution in [0.4, 0.5) is 0 Å². The van der Waals surface area contributed by atoms with Crippen LogP contribution in [0.3, 0.4) is 0 Å². The predicted molar refractivity (Wildman–Crippen MR) is 89.0 cm³/mol. The third kappa shape index (κ3) is 4.62. The van der Waals surface area contributed by atoms with Crippen molar-refractivity contribution in [2.75, 3.05) is 6.54 Å². The van der Waals surface area contributed by atoms with Gasteiger partial charge in [-0.05, 0) is 43.2 Å². The second kappa shape index (κ2) is 7.68. The Bertz CT molecular complexity index is 883. The number of nitrogens with one attached hydrogen (secondary N) is 1. The number of hydrogen-bond acceptors (Lipinski definition) is 4. The standard InChI is InChI=1S/C17H16N2O4S/c1-13-3-2-4-15(11-13)17(21)18-10-9-14-5-7-16(8-6-14)24(22,23)19-12-20/h2-8,11H,9-10H2,1H3,(H,18,21). The molecule has 1 N–H and O–H groups in total. The van der Waals surface area contributed by atoms with E-state index in [1.54, 1.807) is 18.2 Å². The molecule has 24 heavy (non-hydrogen) atoms. The van der Waals surface area contributed by atoms with E-state index in [0.29, 0.717) is 18.5 Å². The molecule has 0 fully saturated rings. The van der Waals surface area contributed by atoms with Gasteiger partial charge in [-0.1, -0.05) is 34.2 Å². The molecule has 2 aromatic carbocycles. The molecule has 6 nitrogen and oxygen atoms in total. The summed E-state index contributed by atoms with van der Waals surface area (Å²) in [6.07, 6.45) is 1.58. The fourth-order valence-electron chi connectivity index (χ4n) is 2.14. The number of amides is 1. The van der Waals surface area contributed by atoms with E-state index in [9.17, 15) is 18.0 Å². The van der Waals surface area contributed by atoms with Crippen molar-refractivity contribution in [2.45, 2.75) is 18.2 Å². The van der Waals surface area contributed by atoms with Crippen molar-refractivity contribution in [3.05, 3.63) is 65.2 Å². The molecule has 0 saturated heterocycles. The van der Waals surface area contributed by atoms with Crippen LogP contribution >= 0.6 is 0 Å². The predicted octanol–water partition coefficient (Wildman–Crippen LogP) is 1.99. The maximum Gasteiger partial charge on any atom is 0.292 e. The lowest BCUT2D eigenvalue weighted by molar-refractivity contribution is 0.0954. The van der Waals surface area contributed by atoms with Gasteiger partial charge >= 0.3 is 0 Å². The third-order valence-electron chi connectivity index (χ3n) is 3.36. The van der Waals surface area contributed by atoms with Crippen molar-refractivity contribution >= 4 is 22.0 Å². The summed E-state index contributed by atoms with van der Waals surface area (Å²) < 4.78 is 25.9. The summed E-state index contributed by atoms with van der Waals surface area (Å²) in [5.74, 6) is -0.154. The zero-order valence-corrected chi connectivity index (χ0v) is 13.8. The molecule has 0 heterocycles. The van der Waals surface area contributed by atoms with Gasteiger partial charge in [-0.25, -0.2) is 4.79 Å². The van der Waals surface area contributed by atoms with Crippen molar-refractivity contribution < 1.29 is 18.0 Å². The van der Waals surface area contributed by atoms with Crippen molar-refractivity contribution in [3.8, 4) is 0 Å². The minimum absolute atomic E-state index is 0.0709. The highest BCUT2D eigenvalue weighted by atomic mass is 32.2. The monoisotopic (exact) mass is 344 g/mol. The summed E-state index contributed by atoms with van der Waals surface area (Å²) in [6.45, 7) is 2.34. The molecule has 0 atom stereocenters. The van der Waals surface area contributed by atoms with Gasteiger partial charge in [0.15, 0.2) is 0 Å². The molecule has 0 saturated carbocycles. The van der Waals surface area contributed by atoms with Crippen LogP contribution in [0, 0.1) is 6.92 Å². The highest BCUT2D eigenvalue weighted by Gasteiger charge is 2.12. The van der Waals surface area contributed by atoms with Gasteiger partial charge in [0.05, 0.1) is 4.90 Å². The van der Waals surface area contributed by atoms with Crippen LogP contribution in [0.5, 0.6) is 0 Å². The van der Waals surface area contributed by atoms with Crippen LogP contribution in [0.1, 0.15) is 21.5 Å². The first-order valence-electron chi connectivity index (χ1n) is 7.20. The molecule has 0 aliphatic heterocycles. The van der Waals surface area contributed by atoms with Gasteiger partial charge in [0, 0.05) is 12.1 Å². The number of rotatable bonds is 6. The van der Waals surface area contributed by atoms with Crippen LogP contribution in [-0.4, -0.2) is 26.9 Å². The number of aryl methyl sites for hydroxylation is 1. The molecule has 0 aliphatic carbocycles. The Morgan fingerprint density at radius 2 is 1.88 bits per heavy atom. The fraction of sp³-hybridized carbons (Fsp3) is 0.176.